The van der Waals surface area contributed by atoms with E-state index in [4.69, 9.17) is 14.6 Å². The monoisotopic (exact) mass is 293 g/mol. The van der Waals surface area contributed by atoms with Crippen LogP contribution in [0.1, 0.15) is 24.2 Å². The summed E-state index contributed by atoms with van der Waals surface area (Å²) in [6.45, 7) is 6.15. The number of hydrogen-bond acceptors (Lipinski definition) is 4. The molecular weight excluding hydrogens is 270 g/mol. The second kappa shape index (κ2) is 7.43. The van der Waals surface area contributed by atoms with E-state index in [2.05, 4.69) is 13.8 Å². The summed E-state index contributed by atoms with van der Waals surface area (Å²) >= 11 is 0. The molecule has 1 aromatic rings. The Bertz CT molecular complexity index is 475. The van der Waals surface area contributed by atoms with Crippen LogP contribution >= 0.6 is 0 Å². The number of benzene rings is 1. The van der Waals surface area contributed by atoms with E-state index in [0.29, 0.717) is 43.5 Å². The summed E-state index contributed by atoms with van der Waals surface area (Å²) in [5, 5.41) is 9.14. The van der Waals surface area contributed by atoms with Crippen LogP contribution in [0.25, 0.3) is 0 Å². The van der Waals surface area contributed by atoms with Gasteiger partial charge in [0.1, 0.15) is 5.75 Å². The van der Waals surface area contributed by atoms with Crippen LogP contribution in [0.4, 0.5) is 0 Å². The molecule has 1 fully saturated rings. The summed E-state index contributed by atoms with van der Waals surface area (Å²) in [6, 6.07) is 7.24. The predicted octanol–water partition coefficient (Wildman–Crippen LogP) is 1.55. The van der Waals surface area contributed by atoms with Crippen molar-refractivity contribution in [3.05, 3.63) is 29.8 Å². The lowest BCUT2D eigenvalue weighted by Crippen LogP contribution is -2.46. The van der Waals surface area contributed by atoms with Gasteiger partial charge in [0.25, 0.3) is 5.91 Å². The minimum Gasteiger partial charge on any atom is -0.493 e. The largest absolute Gasteiger partial charge is 0.493 e. The maximum Gasteiger partial charge on any atom is 0.254 e. The highest BCUT2D eigenvalue weighted by atomic mass is 16.5. The van der Waals surface area contributed by atoms with Gasteiger partial charge in [0.05, 0.1) is 25.9 Å². The highest BCUT2D eigenvalue weighted by Gasteiger charge is 2.24. The number of hydrogen-bond donors (Lipinski definition) is 1. The quantitative estimate of drug-likeness (QED) is 0.895. The number of aliphatic hydroxyl groups is 1. The first kappa shape index (κ1) is 15.8. The topological polar surface area (TPSA) is 59.0 Å². The second-order valence-electron chi connectivity index (χ2n) is 5.66. The molecule has 5 heteroatoms. The Labute approximate surface area is 125 Å². The third kappa shape index (κ3) is 4.44. The summed E-state index contributed by atoms with van der Waals surface area (Å²) in [6.07, 6.45) is -0.289. The molecule has 21 heavy (non-hydrogen) atoms. The van der Waals surface area contributed by atoms with Gasteiger partial charge in [-0.25, -0.2) is 0 Å². The van der Waals surface area contributed by atoms with Crippen LogP contribution in [0, 0.1) is 5.92 Å². The zero-order valence-corrected chi connectivity index (χ0v) is 12.6. The highest BCUT2D eigenvalue weighted by Crippen LogP contribution is 2.17. The van der Waals surface area contributed by atoms with Gasteiger partial charge < -0.3 is 19.5 Å². The minimum atomic E-state index is -0.289. The number of carbonyl (C=O) groups excluding carboxylic acids is 1. The van der Waals surface area contributed by atoms with Crippen LogP contribution in [-0.4, -0.2) is 54.9 Å². The predicted molar refractivity (Wildman–Crippen MR) is 79.5 cm³/mol. The van der Waals surface area contributed by atoms with E-state index < -0.39 is 0 Å². The van der Waals surface area contributed by atoms with E-state index in [1.165, 1.54) is 0 Å². The maximum atomic E-state index is 12.5. The molecule has 0 radical (unpaired) electrons. The molecule has 0 spiro atoms. The van der Waals surface area contributed by atoms with Crippen LogP contribution in [0.2, 0.25) is 0 Å². The second-order valence-corrected chi connectivity index (χ2v) is 5.66. The van der Waals surface area contributed by atoms with E-state index in [0.717, 1.165) is 0 Å². The Morgan fingerprint density at radius 3 is 3.05 bits per heavy atom. The number of ether oxygens (including phenoxy) is 2. The molecule has 0 aliphatic carbocycles. The minimum absolute atomic E-state index is 0.0493. The van der Waals surface area contributed by atoms with Crippen molar-refractivity contribution in [3.8, 4) is 5.75 Å². The normalized spacial score (nSPS) is 18.9. The van der Waals surface area contributed by atoms with Crippen LogP contribution in [0.5, 0.6) is 5.75 Å². The summed E-state index contributed by atoms with van der Waals surface area (Å²) in [4.78, 5) is 14.2. The molecule has 0 saturated carbocycles. The number of rotatable bonds is 5. The lowest BCUT2D eigenvalue weighted by atomic mass is 10.1. The number of carbonyl (C=O) groups is 1. The van der Waals surface area contributed by atoms with Gasteiger partial charge >= 0.3 is 0 Å². The molecule has 0 bridgehead atoms. The lowest BCUT2D eigenvalue weighted by Gasteiger charge is -2.32. The molecule has 5 nitrogen and oxygen atoms in total. The van der Waals surface area contributed by atoms with Gasteiger partial charge in [0.2, 0.25) is 0 Å². The standard InChI is InChI=1S/C16H23NO4/c1-12(2)11-21-14-5-3-4-13(8-14)16(19)17-6-7-20-15(9-17)10-18/h3-5,8,12,15,18H,6-7,9-11H2,1-2H3. The summed E-state index contributed by atoms with van der Waals surface area (Å²) in [5.41, 5.74) is 0.606. The van der Waals surface area contributed by atoms with E-state index >= 15 is 0 Å². The Hall–Kier alpha value is -1.59. The van der Waals surface area contributed by atoms with Crippen molar-refractivity contribution < 1.29 is 19.4 Å². The van der Waals surface area contributed by atoms with Crippen LogP contribution in [-0.2, 0) is 4.74 Å². The first-order valence-corrected chi connectivity index (χ1v) is 7.34. The number of morpholine rings is 1. The molecule has 0 aromatic heterocycles. The van der Waals surface area contributed by atoms with Crippen molar-refractivity contribution in [1.82, 2.24) is 4.90 Å². The number of amides is 1. The van der Waals surface area contributed by atoms with Crippen molar-refractivity contribution >= 4 is 5.91 Å². The zero-order valence-electron chi connectivity index (χ0n) is 12.6. The molecule has 1 unspecified atom stereocenters. The SMILES string of the molecule is CC(C)COc1cccc(C(=O)N2CCOC(CO)C2)c1. The molecule has 1 heterocycles. The van der Waals surface area contributed by atoms with Gasteiger partial charge in [-0.1, -0.05) is 19.9 Å². The van der Waals surface area contributed by atoms with Gasteiger partial charge in [-0.05, 0) is 24.1 Å². The smallest absolute Gasteiger partial charge is 0.254 e. The third-order valence-electron chi connectivity index (χ3n) is 3.29. The van der Waals surface area contributed by atoms with Gasteiger partial charge in [-0.2, -0.15) is 0 Å². The fourth-order valence-corrected chi connectivity index (χ4v) is 2.18. The van der Waals surface area contributed by atoms with E-state index in [-0.39, 0.29) is 18.6 Å². The van der Waals surface area contributed by atoms with Crippen molar-refractivity contribution in [3.63, 3.8) is 0 Å². The van der Waals surface area contributed by atoms with E-state index in [1.54, 1.807) is 17.0 Å². The molecular formula is C16H23NO4. The summed E-state index contributed by atoms with van der Waals surface area (Å²) in [5.74, 6) is 1.10. The zero-order chi connectivity index (χ0) is 15.2. The molecule has 1 saturated heterocycles. The third-order valence-corrected chi connectivity index (χ3v) is 3.29. The molecule has 1 amide bonds. The van der Waals surface area contributed by atoms with E-state index in [1.807, 2.05) is 12.1 Å². The average molecular weight is 293 g/mol. The Morgan fingerprint density at radius 2 is 2.33 bits per heavy atom. The van der Waals surface area contributed by atoms with E-state index in [9.17, 15) is 4.79 Å². The molecule has 2 rings (SSSR count). The fourth-order valence-electron chi connectivity index (χ4n) is 2.18. The van der Waals surface area contributed by atoms with Crippen LogP contribution in [0.15, 0.2) is 24.3 Å². The molecule has 116 valence electrons. The average Bonchev–Trinajstić information content (AvgIpc) is 2.52. The van der Waals surface area contributed by atoms with Gasteiger partial charge in [-0.3, -0.25) is 4.79 Å². The first-order chi connectivity index (χ1) is 10.1. The van der Waals surface area contributed by atoms with Crippen molar-refractivity contribution in [2.75, 3.05) is 32.9 Å². The van der Waals surface area contributed by atoms with Gasteiger partial charge in [-0.15, -0.1) is 0 Å². The van der Waals surface area contributed by atoms with Crippen LogP contribution < -0.4 is 4.74 Å². The molecule has 1 atom stereocenters. The Kier molecular flexibility index (Phi) is 5.59. The molecule has 1 aromatic carbocycles. The highest BCUT2D eigenvalue weighted by molar-refractivity contribution is 5.94. The lowest BCUT2D eigenvalue weighted by molar-refractivity contribution is -0.0447. The summed E-state index contributed by atoms with van der Waals surface area (Å²) < 4.78 is 11.0. The molecule has 1 aliphatic heterocycles. The summed E-state index contributed by atoms with van der Waals surface area (Å²) in [7, 11) is 0. The molecule has 1 N–H and O–H groups in total. The number of aliphatic hydroxyl groups excluding tert-OH is 1. The molecule has 1 aliphatic rings. The maximum absolute atomic E-state index is 12.5. The first-order valence-electron chi connectivity index (χ1n) is 7.34. The number of nitrogens with zero attached hydrogens (tertiary/aromatic N) is 1. The van der Waals surface area contributed by atoms with Gasteiger partial charge in [0, 0.05) is 18.7 Å². The fraction of sp³-hybridized carbons (Fsp3) is 0.562. The Morgan fingerprint density at radius 1 is 1.52 bits per heavy atom. The van der Waals surface area contributed by atoms with Gasteiger partial charge in [0.15, 0.2) is 0 Å². The van der Waals surface area contributed by atoms with Crippen LogP contribution in [0.3, 0.4) is 0 Å². The Balaban J connectivity index is 2.03. The van der Waals surface area contributed by atoms with Crippen molar-refractivity contribution in [1.29, 1.82) is 0 Å². The van der Waals surface area contributed by atoms with Crippen molar-refractivity contribution in [2.45, 2.75) is 20.0 Å². The van der Waals surface area contributed by atoms with Crippen molar-refractivity contribution in [2.24, 2.45) is 5.92 Å².